The summed E-state index contributed by atoms with van der Waals surface area (Å²) in [6.07, 6.45) is -0.362. The van der Waals surface area contributed by atoms with E-state index in [0.29, 0.717) is 19.8 Å². The molecule has 1 aliphatic rings. The summed E-state index contributed by atoms with van der Waals surface area (Å²) in [7, 11) is 1.88. The van der Waals surface area contributed by atoms with E-state index in [2.05, 4.69) is 5.32 Å². The zero-order chi connectivity index (χ0) is 14.5. The summed E-state index contributed by atoms with van der Waals surface area (Å²) in [6, 6.07) is 16.0. The molecule has 1 N–H and O–H groups in total. The Morgan fingerprint density at radius 2 is 1.81 bits per heavy atom. The second-order valence-electron chi connectivity index (χ2n) is 4.82. The molecule has 3 rings (SSSR count). The third-order valence-electron chi connectivity index (χ3n) is 3.43. The highest BCUT2D eigenvalue weighted by Crippen LogP contribution is 2.37. The van der Waals surface area contributed by atoms with E-state index in [4.69, 9.17) is 14.2 Å². The van der Waals surface area contributed by atoms with Crippen LogP contribution in [0.3, 0.4) is 0 Å². The van der Waals surface area contributed by atoms with E-state index in [1.807, 2.05) is 55.6 Å². The molecule has 2 aromatic rings. The first-order chi connectivity index (χ1) is 10.4. The van der Waals surface area contributed by atoms with Crippen molar-refractivity contribution in [2.75, 3.05) is 25.6 Å². The van der Waals surface area contributed by atoms with E-state index < -0.39 is 0 Å². The fourth-order valence-electron chi connectivity index (χ4n) is 2.39. The lowest BCUT2D eigenvalue weighted by Gasteiger charge is -2.19. The summed E-state index contributed by atoms with van der Waals surface area (Å²) in [5, 5.41) is 3.17. The number of nitrogens with one attached hydrogen (secondary N) is 1. The molecular formula is C17H19NO3. The van der Waals surface area contributed by atoms with Crippen molar-refractivity contribution >= 4 is 5.69 Å². The smallest absolute Gasteiger partial charge is 0.189 e. The molecule has 0 aromatic heterocycles. The molecule has 4 nitrogen and oxygen atoms in total. The molecule has 0 aliphatic carbocycles. The van der Waals surface area contributed by atoms with Gasteiger partial charge in [-0.1, -0.05) is 36.4 Å². The summed E-state index contributed by atoms with van der Waals surface area (Å²) in [5.74, 6) is 0.789. The van der Waals surface area contributed by atoms with Gasteiger partial charge in [-0.2, -0.15) is 0 Å². The topological polar surface area (TPSA) is 39.7 Å². The molecular weight excluding hydrogens is 266 g/mol. The predicted octanol–water partition coefficient (Wildman–Crippen LogP) is 3.35. The van der Waals surface area contributed by atoms with Crippen molar-refractivity contribution in [1.29, 1.82) is 0 Å². The van der Waals surface area contributed by atoms with Crippen molar-refractivity contribution in [2.45, 2.75) is 12.9 Å². The van der Waals surface area contributed by atoms with Crippen LogP contribution in [0.25, 0.3) is 0 Å². The monoisotopic (exact) mass is 285 g/mol. The van der Waals surface area contributed by atoms with E-state index in [9.17, 15) is 0 Å². The van der Waals surface area contributed by atoms with E-state index in [-0.39, 0.29) is 6.29 Å². The molecule has 0 saturated carbocycles. The number of hydrogen-bond donors (Lipinski definition) is 1. The first-order valence-corrected chi connectivity index (χ1v) is 7.09. The lowest BCUT2D eigenvalue weighted by molar-refractivity contribution is -0.0453. The van der Waals surface area contributed by atoms with Gasteiger partial charge in [0.15, 0.2) is 6.29 Å². The predicted molar refractivity (Wildman–Crippen MR) is 81.4 cm³/mol. The first kappa shape index (κ1) is 13.9. The number of anilines is 1. The average Bonchev–Trinajstić information content (AvgIpc) is 3.07. The molecule has 0 spiro atoms. The molecule has 1 heterocycles. The summed E-state index contributed by atoms with van der Waals surface area (Å²) >= 11 is 0. The van der Waals surface area contributed by atoms with Gasteiger partial charge in [-0.05, 0) is 17.7 Å². The lowest BCUT2D eigenvalue weighted by Crippen LogP contribution is -2.07. The van der Waals surface area contributed by atoms with Gasteiger partial charge >= 0.3 is 0 Å². The Balaban J connectivity index is 1.83. The molecule has 2 aromatic carbocycles. The Hall–Kier alpha value is -2.04. The van der Waals surface area contributed by atoms with Gasteiger partial charge in [-0.3, -0.25) is 0 Å². The summed E-state index contributed by atoms with van der Waals surface area (Å²) in [6.45, 7) is 1.75. The van der Waals surface area contributed by atoms with Gasteiger partial charge in [-0.15, -0.1) is 0 Å². The number of hydrogen-bond acceptors (Lipinski definition) is 4. The molecule has 110 valence electrons. The van der Waals surface area contributed by atoms with E-state index in [1.165, 1.54) is 0 Å². The number of rotatable bonds is 5. The first-order valence-electron chi connectivity index (χ1n) is 7.09. The molecule has 1 fully saturated rings. The summed E-state index contributed by atoms with van der Waals surface area (Å²) < 4.78 is 17.2. The fraction of sp³-hybridized carbons (Fsp3) is 0.294. The van der Waals surface area contributed by atoms with Crippen LogP contribution in [0.4, 0.5) is 5.69 Å². The summed E-state index contributed by atoms with van der Waals surface area (Å²) in [4.78, 5) is 0. The Kier molecular flexibility index (Phi) is 4.38. The molecule has 0 bridgehead atoms. The average molecular weight is 285 g/mol. The van der Waals surface area contributed by atoms with Crippen LogP contribution in [0, 0.1) is 0 Å². The highest BCUT2D eigenvalue weighted by molar-refractivity contribution is 5.58. The van der Waals surface area contributed by atoms with Crippen LogP contribution in [0.15, 0.2) is 48.5 Å². The largest absolute Gasteiger partial charge is 0.488 e. The highest BCUT2D eigenvalue weighted by Gasteiger charge is 2.25. The molecule has 1 aliphatic heterocycles. The Morgan fingerprint density at radius 1 is 1.05 bits per heavy atom. The zero-order valence-electron chi connectivity index (χ0n) is 12.0. The molecule has 0 radical (unpaired) electrons. The minimum atomic E-state index is -0.362. The Bertz CT molecular complexity index is 580. The third-order valence-corrected chi connectivity index (χ3v) is 3.43. The SMILES string of the molecule is CNc1cccc(OCc2ccccc2)c1C1OCCO1. The van der Waals surface area contributed by atoms with Crippen molar-refractivity contribution in [3.63, 3.8) is 0 Å². The quantitative estimate of drug-likeness (QED) is 0.914. The minimum Gasteiger partial charge on any atom is -0.488 e. The molecule has 0 amide bonds. The van der Waals surface area contributed by atoms with Crippen molar-refractivity contribution in [3.8, 4) is 5.75 Å². The van der Waals surface area contributed by atoms with Gasteiger partial charge in [0.2, 0.25) is 0 Å². The van der Waals surface area contributed by atoms with Crippen molar-refractivity contribution < 1.29 is 14.2 Å². The van der Waals surface area contributed by atoms with Gasteiger partial charge in [0, 0.05) is 12.7 Å². The fourth-order valence-corrected chi connectivity index (χ4v) is 2.39. The molecule has 0 atom stereocenters. The highest BCUT2D eigenvalue weighted by atomic mass is 16.7. The molecule has 0 unspecified atom stereocenters. The van der Waals surface area contributed by atoms with Crippen LogP contribution < -0.4 is 10.1 Å². The maximum absolute atomic E-state index is 5.98. The van der Waals surface area contributed by atoms with Crippen molar-refractivity contribution in [3.05, 3.63) is 59.7 Å². The van der Waals surface area contributed by atoms with E-state index in [1.54, 1.807) is 0 Å². The zero-order valence-corrected chi connectivity index (χ0v) is 12.0. The van der Waals surface area contributed by atoms with Gasteiger partial charge in [-0.25, -0.2) is 0 Å². The molecule has 21 heavy (non-hydrogen) atoms. The Morgan fingerprint density at radius 3 is 2.52 bits per heavy atom. The minimum absolute atomic E-state index is 0.362. The standard InChI is InChI=1S/C17H19NO3/c1-18-14-8-5-9-15(16(14)17-19-10-11-20-17)21-12-13-6-3-2-4-7-13/h2-9,17-18H,10-12H2,1H3. The van der Waals surface area contributed by atoms with Gasteiger partial charge < -0.3 is 19.5 Å². The normalized spacial score (nSPS) is 15.1. The van der Waals surface area contributed by atoms with Crippen LogP contribution in [-0.4, -0.2) is 20.3 Å². The van der Waals surface area contributed by atoms with Crippen LogP contribution in [-0.2, 0) is 16.1 Å². The molecule has 1 saturated heterocycles. The van der Waals surface area contributed by atoms with E-state index >= 15 is 0 Å². The number of ether oxygens (including phenoxy) is 3. The molecule has 4 heteroatoms. The second-order valence-corrected chi connectivity index (χ2v) is 4.82. The third kappa shape index (κ3) is 3.17. The lowest BCUT2D eigenvalue weighted by atomic mass is 10.1. The second kappa shape index (κ2) is 6.61. The van der Waals surface area contributed by atoms with Gasteiger partial charge in [0.05, 0.1) is 18.8 Å². The van der Waals surface area contributed by atoms with Crippen LogP contribution in [0.5, 0.6) is 5.75 Å². The van der Waals surface area contributed by atoms with Crippen molar-refractivity contribution in [2.24, 2.45) is 0 Å². The van der Waals surface area contributed by atoms with Crippen molar-refractivity contribution in [1.82, 2.24) is 0 Å². The van der Waals surface area contributed by atoms with Crippen LogP contribution in [0.1, 0.15) is 17.4 Å². The van der Waals surface area contributed by atoms with Crippen LogP contribution >= 0.6 is 0 Å². The van der Waals surface area contributed by atoms with E-state index in [0.717, 1.165) is 22.6 Å². The van der Waals surface area contributed by atoms with Gasteiger partial charge in [0.1, 0.15) is 12.4 Å². The Labute approximate surface area is 124 Å². The summed E-state index contributed by atoms with van der Waals surface area (Å²) in [5.41, 5.74) is 3.02. The number of benzene rings is 2. The maximum Gasteiger partial charge on any atom is 0.189 e. The van der Waals surface area contributed by atoms with Gasteiger partial charge in [0.25, 0.3) is 0 Å². The van der Waals surface area contributed by atoms with Crippen LogP contribution in [0.2, 0.25) is 0 Å². The maximum atomic E-state index is 5.98.